The Balaban J connectivity index is 1.19. The van der Waals surface area contributed by atoms with Crippen molar-refractivity contribution in [3.63, 3.8) is 0 Å². The summed E-state index contributed by atoms with van der Waals surface area (Å²) in [4.78, 5) is 10.2. The molecule has 0 N–H and O–H groups in total. The van der Waals surface area contributed by atoms with Crippen molar-refractivity contribution >= 4 is 43.6 Å². The molecule has 8 aromatic carbocycles. The van der Waals surface area contributed by atoms with Gasteiger partial charge in [-0.3, -0.25) is 0 Å². The van der Waals surface area contributed by atoms with Crippen molar-refractivity contribution in [2.24, 2.45) is 0 Å². The highest BCUT2D eigenvalue weighted by Gasteiger charge is 2.23. The van der Waals surface area contributed by atoms with Crippen LogP contribution in [0.4, 0.5) is 0 Å². The van der Waals surface area contributed by atoms with E-state index in [1.807, 2.05) is 24.3 Å². The van der Waals surface area contributed by atoms with Crippen molar-refractivity contribution in [2.45, 2.75) is 0 Å². The zero-order valence-electron chi connectivity index (χ0n) is 30.4. The molecule has 262 valence electrons. The van der Waals surface area contributed by atoms with Crippen LogP contribution in [-0.2, 0) is 0 Å². The molecule has 0 radical (unpaired) electrons. The van der Waals surface area contributed by atoms with Gasteiger partial charge in [-0.1, -0.05) is 164 Å². The van der Waals surface area contributed by atoms with Gasteiger partial charge in [0.05, 0.1) is 39.1 Å². The van der Waals surface area contributed by atoms with Crippen molar-refractivity contribution in [3.05, 3.63) is 206 Å². The van der Waals surface area contributed by atoms with Crippen LogP contribution in [0.1, 0.15) is 0 Å². The number of hydrogen-bond donors (Lipinski definition) is 0. The fraction of sp³-hybridized carbons (Fsp3) is 0. The zero-order chi connectivity index (χ0) is 37.0. The summed E-state index contributed by atoms with van der Waals surface area (Å²) in [5.74, 6) is 0.705. The number of rotatable bonds is 6. The van der Waals surface area contributed by atoms with Gasteiger partial charge in [0.15, 0.2) is 5.82 Å². The van der Waals surface area contributed by atoms with E-state index < -0.39 is 0 Å². The molecule has 11 rings (SSSR count). The van der Waals surface area contributed by atoms with Gasteiger partial charge in [-0.15, -0.1) is 0 Å². The van der Waals surface area contributed by atoms with E-state index >= 15 is 0 Å². The Labute approximate surface area is 324 Å². The minimum atomic E-state index is 0.705. The SMILES string of the molecule is c1ccc(-c2cc(-c3ccc(-c4c(-n5c6ccccc6c6ccccc65)ccc5c6ccccc6n(-c6ccccc6)c45)cc3)nc(-c3ccccc3)n2)cc1. The first-order valence-electron chi connectivity index (χ1n) is 19.0. The fourth-order valence-corrected chi connectivity index (χ4v) is 8.42. The number of aromatic nitrogens is 4. The average Bonchev–Trinajstić information content (AvgIpc) is 3.80. The molecule has 0 spiro atoms. The van der Waals surface area contributed by atoms with Crippen LogP contribution < -0.4 is 0 Å². The zero-order valence-corrected chi connectivity index (χ0v) is 30.4. The summed E-state index contributed by atoms with van der Waals surface area (Å²) in [6, 6.07) is 73.2. The first-order chi connectivity index (χ1) is 27.8. The maximum atomic E-state index is 5.14. The van der Waals surface area contributed by atoms with Crippen LogP contribution in [0.2, 0.25) is 0 Å². The second kappa shape index (κ2) is 13.1. The monoisotopic (exact) mass is 714 g/mol. The summed E-state index contributed by atoms with van der Waals surface area (Å²) in [6.07, 6.45) is 0. The molecule has 0 saturated heterocycles. The van der Waals surface area contributed by atoms with Crippen LogP contribution in [0.3, 0.4) is 0 Å². The van der Waals surface area contributed by atoms with Crippen molar-refractivity contribution in [3.8, 4) is 56.4 Å². The lowest BCUT2D eigenvalue weighted by atomic mass is 9.97. The summed E-state index contributed by atoms with van der Waals surface area (Å²) in [7, 11) is 0. The van der Waals surface area contributed by atoms with E-state index in [1.54, 1.807) is 0 Å². The van der Waals surface area contributed by atoms with Gasteiger partial charge in [0.2, 0.25) is 0 Å². The van der Waals surface area contributed by atoms with Crippen LogP contribution in [0.5, 0.6) is 0 Å². The Hall–Kier alpha value is -7.56. The predicted octanol–water partition coefficient (Wildman–Crippen LogP) is 13.3. The van der Waals surface area contributed by atoms with Crippen LogP contribution in [0.25, 0.3) is 100 Å². The molecule has 3 aromatic heterocycles. The summed E-state index contributed by atoms with van der Waals surface area (Å²) >= 11 is 0. The second-order valence-corrected chi connectivity index (χ2v) is 14.2. The fourth-order valence-electron chi connectivity index (χ4n) is 8.42. The minimum absolute atomic E-state index is 0.705. The molecule has 3 heterocycles. The molecule has 0 bridgehead atoms. The van der Waals surface area contributed by atoms with Crippen molar-refractivity contribution < 1.29 is 0 Å². The Morgan fingerprint density at radius 2 is 0.768 bits per heavy atom. The van der Waals surface area contributed by atoms with Crippen molar-refractivity contribution in [1.29, 1.82) is 0 Å². The lowest BCUT2D eigenvalue weighted by molar-refractivity contribution is 1.16. The molecule has 0 fully saturated rings. The van der Waals surface area contributed by atoms with Gasteiger partial charge in [0.1, 0.15) is 0 Å². The molecule has 0 aliphatic rings. The summed E-state index contributed by atoms with van der Waals surface area (Å²) in [5, 5.41) is 4.91. The van der Waals surface area contributed by atoms with E-state index in [9.17, 15) is 0 Å². The van der Waals surface area contributed by atoms with Gasteiger partial charge >= 0.3 is 0 Å². The largest absolute Gasteiger partial charge is 0.309 e. The second-order valence-electron chi connectivity index (χ2n) is 14.2. The maximum Gasteiger partial charge on any atom is 0.160 e. The van der Waals surface area contributed by atoms with E-state index in [0.29, 0.717) is 5.82 Å². The molecule has 11 aromatic rings. The lowest BCUT2D eigenvalue weighted by Gasteiger charge is -2.18. The van der Waals surface area contributed by atoms with Crippen LogP contribution in [0.15, 0.2) is 206 Å². The summed E-state index contributed by atoms with van der Waals surface area (Å²) in [6.45, 7) is 0. The summed E-state index contributed by atoms with van der Waals surface area (Å²) in [5.41, 5.74) is 14.1. The molecular formula is C52H34N4. The number of para-hydroxylation sites is 4. The topological polar surface area (TPSA) is 35.6 Å². The third-order valence-electron chi connectivity index (χ3n) is 10.9. The van der Waals surface area contributed by atoms with Gasteiger partial charge in [-0.05, 0) is 48.0 Å². The Morgan fingerprint density at radius 3 is 1.36 bits per heavy atom. The molecule has 0 aliphatic carbocycles. The molecule has 56 heavy (non-hydrogen) atoms. The molecule has 0 aliphatic heterocycles. The predicted molar refractivity (Wildman–Crippen MR) is 232 cm³/mol. The maximum absolute atomic E-state index is 5.14. The van der Waals surface area contributed by atoms with Crippen molar-refractivity contribution in [2.75, 3.05) is 0 Å². The Bertz CT molecular complexity index is 3100. The molecule has 0 unspecified atom stereocenters. The van der Waals surface area contributed by atoms with Crippen molar-refractivity contribution in [1.82, 2.24) is 19.1 Å². The van der Waals surface area contributed by atoms with Gasteiger partial charge in [0.25, 0.3) is 0 Å². The van der Waals surface area contributed by atoms with Crippen LogP contribution in [-0.4, -0.2) is 19.1 Å². The highest BCUT2D eigenvalue weighted by Crippen LogP contribution is 2.44. The first kappa shape index (κ1) is 31.9. The number of fused-ring (bicyclic) bond motifs is 6. The van der Waals surface area contributed by atoms with Crippen LogP contribution >= 0.6 is 0 Å². The standard InChI is InChI=1S/C52H34N4/c1-4-16-35(17-5-1)44-34-45(54-52(53-44)38-18-6-2-7-19-38)36-28-30-37(31-29-36)50-49(56-47-26-14-10-22-40(47)41-23-11-15-27-48(41)56)33-32-43-42-24-12-13-25-46(42)55(51(43)50)39-20-8-3-9-21-39/h1-34H. The first-order valence-corrected chi connectivity index (χ1v) is 19.0. The third kappa shape index (κ3) is 5.15. The molecule has 4 heteroatoms. The number of nitrogens with zero attached hydrogens (tertiary/aromatic N) is 4. The molecule has 0 atom stereocenters. The average molecular weight is 715 g/mol. The van der Waals surface area contributed by atoms with Gasteiger partial charge in [-0.25, -0.2) is 9.97 Å². The Morgan fingerprint density at radius 1 is 0.321 bits per heavy atom. The van der Waals surface area contributed by atoms with Gasteiger partial charge < -0.3 is 9.13 Å². The van der Waals surface area contributed by atoms with E-state index in [4.69, 9.17) is 9.97 Å². The summed E-state index contributed by atoms with van der Waals surface area (Å²) < 4.78 is 4.89. The molecule has 0 amide bonds. The Kier molecular flexibility index (Phi) is 7.46. The molecule has 0 saturated carbocycles. The van der Waals surface area contributed by atoms with E-state index in [-0.39, 0.29) is 0 Å². The van der Waals surface area contributed by atoms with Gasteiger partial charge in [-0.2, -0.15) is 0 Å². The third-order valence-corrected chi connectivity index (χ3v) is 10.9. The molecular weight excluding hydrogens is 681 g/mol. The van der Waals surface area contributed by atoms with E-state index in [2.05, 4.69) is 191 Å². The lowest BCUT2D eigenvalue weighted by Crippen LogP contribution is -2.01. The highest BCUT2D eigenvalue weighted by atomic mass is 15.0. The van der Waals surface area contributed by atoms with E-state index in [0.717, 1.165) is 45.0 Å². The van der Waals surface area contributed by atoms with Gasteiger partial charge in [0, 0.05) is 49.5 Å². The highest BCUT2D eigenvalue weighted by molar-refractivity contribution is 6.17. The normalized spacial score (nSPS) is 11.6. The molecule has 4 nitrogen and oxygen atoms in total. The minimum Gasteiger partial charge on any atom is -0.309 e. The number of hydrogen-bond acceptors (Lipinski definition) is 2. The number of benzene rings is 8. The smallest absolute Gasteiger partial charge is 0.160 e. The van der Waals surface area contributed by atoms with E-state index in [1.165, 1.54) is 49.2 Å². The quantitative estimate of drug-likeness (QED) is 0.172. The van der Waals surface area contributed by atoms with Crippen LogP contribution in [0, 0.1) is 0 Å².